The quantitative estimate of drug-likeness (QED) is 0.554. The maximum atomic E-state index is 13.1. The van der Waals surface area contributed by atoms with E-state index in [9.17, 15) is 9.90 Å². The molecule has 0 fully saturated rings. The third kappa shape index (κ3) is 3.98. The fourth-order valence-corrected chi connectivity index (χ4v) is 4.50. The predicted octanol–water partition coefficient (Wildman–Crippen LogP) is 3.08. The molecular formula is C26H30N2O4. The maximum absolute atomic E-state index is 13.1. The van der Waals surface area contributed by atoms with Crippen LogP contribution < -0.4 is 19.5 Å². The largest absolute Gasteiger partial charge is 0.872 e. The van der Waals surface area contributed by atoms with Crippen LogP contribution in [0.4, 0.5) is 0 Å². The monoisotopic (exact) mass is 434 g/mol. The van der Waals surface area contributed by atoms with Gasteiger partial charge in [0.15, 0.2) is 5.76 Å². The van der Waals surface area contributed by atoms with Gasteiger partial charge < -0.3 is 24.0 Å². The lowest BCUT2D eigenvalue weighted by Gasteiger charge is -2.23. The highest BCUT2D eigenvalue weighted by Gasteiger charge is 2.31. The number of methoxy groups -OCH3 is 1. The molecule has 4 rings (SSSR count). The van der Waals surface area contributed by atoms with E-state index in [4.69, 9.17) is 9.47 Å². The molecule has 3 aromatic rings. The number of allylic oxidation sites excluding steroid dienone is 1. The number of Topliss-reactive ketones (excluding diaryl/α,β-unsaturated/α-hetero) is 1. The van der Waals surface area contributed by atoms with Gasteiger partial charge in [-0.1, -0.05) is 25.7 Å². The standard InChI is InChI=1S/C26H30N2O4/c1-5-11-28(12-6-2)16-21-23(29)10-8-19-25(30)24(32-26(19)21)13-17-15-27(3)22-9-7-18(31-4)14-20(17)22/h7-10,13-15,29H,5-6,11-12,16H2,1-4H3. The summed E-state index contributed by atoms with van der Waals surface area (Å²) in [6.07, 6.45) is 5.80. The molecule has 1 aliphatic heterocycles. The Morgan fingerprint density at radius 1 is 1.16 bits per heavy atom. The second-order valence-electron chi connectivity index (χ2n) is 8.36. The molecule has 2 heterocycles. The summed E-state index contributed by atoms with van der Waals surface area (Å²) in [6, 6.07) is 8.94. The van der Waals surface area contributed by atoms with Gasteiger partial charge in [-0.25, -0.2) is 0 Å². The van der Waals surface area contributed by atoms with Crippen LogP contribution >= 0.6 is 0 Å². The number of nitrogens with zero attached hydrogens (tertiary/aromatic N) is 1. The summed E-state index contributed by atoms with van der Waals surface area (Å²) < 4.78 is 13.4. The van der Waals surface area contributed by atoms with Gasteiger partial charge in [-0.2, -0.15) is 0 Å². The molecule has 1 aliphatic rings. The van der Waals surface area contributed by atoms with Crippen molar-refractivity contribution in [1.29, 1.82) is 0 Å². The molecule has 0 saturated heterocycles. The predicted molar refractivity (Wildman–Crippen MR) is 123 cm³/mol. The molecule has 0 bridgehead atoms. The molecule has 0 spiro atoms. The highest BCUT2D eigenvalue weighted by atomic mass is 16.5. The van der Waals surface area contributed by atoms with Crippen LogP contribution in [0.5, 0.6) is 17.2 Å². The number of aryl methyl sites for hydroxylation is 1. The van der Waals surface area contributed by atoms with Gasteiger partial charge in [0.05, 0.1) is 25.8 Å². The highest BCUT2D eigenvalue weighted by Crippen LogP contribution is 2.39. The third-order valence-corrected chi connectivity index (χ3v) is 6.05. The van der Waals surface area contributed by atoms with Crippen LogP contribution in [-0.2, 0) is 13.6 Å². The molecule has 2 aromatic carbocycles. The average molecular weight is 435 g/mol. The molecule has 168 valence electrons. The van der Waals surface area contributed by atoms with Crippen LogP contribution in [0.15, 0.2) is 42.3 Å². The molecule has 0 aliphatic carbocycles. The van der Waals surface area contributed by atoms with Crippen LogP contribution in [0.25, 0.3) is 17.0 Å². The minimum atomic E-state index is -0.186. The summed E-state index contributed by atoms with van der Waals surface area (Å²) >= 11 is 0. The number of ether oxygens (including phenoxy) is 2. The van der Waals surface area contributed by atoms with E-state index in [1.165, 1.54) is 11.0 Å². The molecule has 6 heteroatoms. The molecular weight excluding hydrogens is 404 g/mol. The smallest absolute Gasteiger partial charge is 0.231 e. The fraction of sp³-hybridized carbons (Fsp3) is 0.346. The van der Waals surface area contributed by atoms with E-state index >= 15 is 0 Å². The van der Waals surface area contributed by atoms with Crippen LogP contribution in [0, 0.1) is 0 Å². The van der Waals surface area contributed by atoms with Crippen molar-refractivity contribution in [3.05, 3.63) is 59.0 Å². The summed E-state index contributed by atoms with van der Waals surface area (Å²) in [6.45, 7) is 6.80. The van der Waals surface area contributed by atoms with E-state index < -0.39 is 0 Å². The Labute approximate surface area is 188 Å². The first-order chi connectivity index (χ1) is 15.5. The molecule has 1 aromatic heterocycles. The van der Waals surface area contributed by atoms with E-state index in [1.54, 1.807) is 19.3 Å². The summed E-state index contributed by atoms with van der Waals surface area (Å²) in [5.41, 5.74) is 2.96. The molecule has 1 N–H and O–H groups in total. The Hall–Kier alpha value is -3.25. The second-order valence-corrected chi connectivity index (χ2v) is 8.36. The number of benzene rings is 2. The lowest BCUT2D eigenvalue weighted by atomic mass is 10.0. The number of rotatable bonds is 8. The molecule has 6 nitrogen and oxygen atoms in total. The highest BCUT2D eigenvalue weighted by molar-refractivity contribution is 6.15. The van der Waals surface area contributed by atoms with Crippen molar-refractivity contribution in [3.8, 4) is 17.2 Å². The summed E-state index contributed by atoms with van der Waals surface area (Å²) in [5, 5.41) is 13.7. The lowest BCUT2D eigenvalue weighted by molar-refractivity contribution is -0.914. The van der Waals surface area contributed by atoms with Gasteiger partial charge in [-0.3, -0.25) is 4.79 Å². The Kier molecular flexibility index (Phi) is 6.24. The van der Waals surface area contributed by atoms with E-state index in [2.05, 4.69) is 13.8 Å². The number of carbonyl (C=O) groups is 1. The third-order valence-electron chi connectivity index (χ3n) is 6.05. The summed E-state index contributed by atoms with van der Waals surface area (Å²) in [5.74, 6) is 1.16. The van der Waals surface area contributed by atoms with Crippen molar-refractivity contribution in [2.24, 2.45) is 7.05 Å². The Balaban J connectivity index is 1.72. The molecule has 0 radical (unpaired) electrons. The van der Waals surface area contributed by atoms with Crippen LogP contribution in [0.2, 0.25) is 0 Å². The number of ketones is 1. The first-order valence-electron chi connectivity index (χ1n) is 11.2. The van der Waals surface area contributed by atoms with Crippen molar-refractivity contribution >= 4 is 22.8 Å². The number of hydrogen-bond donors (Lipinski definition) is 1. The van der Waals surface area contributed by atoms with Crippen LogP contribution in [0.3, 0.4) is 0 Å². The number of fused-ring (bicyclic) bond motifs is 2. The van der Waals surface area contributed by atoms with E-state index in [0.29, 0.717) is 23.4 Å². The number of quaternary nitrogens is 1. The van der Waals surface area contributed by atoms with E-state index in [-0.39, 0.29) is 17.3 Å². The number of nitrogens with one attached hydrogen (secondary N) is 1. The number of aromatic nitrogens is 1. The Morgan fingerprint density at radius 2 is 1.91 bits per heavy atom. The SMILES string of the molecule is CCC[NH+](CCC)Cc1c([O-])ccc2c1OC(=Cc1cn(C)c3ccc(OC)cc13)C2=O. The van der Waals surface area contributed by atoms with Gasteiger partial charge in [0.25, 0.3) is 0 Å². The topological polar surface area (TPSA) is 68.0 Å². The minimum Gasteiger partial charge on any atom is -0.872 e. The Bertz CT molecular complexity index is 1190. The molecule has 0 saturated carbocycles. The zero-order valence-corrected chi connectivity index (χ0v) is 19.2. The molecule has 0 amide bonds. The van der Waals surface area contributed by atoms with Gasteiger partial charge in [-0.05, 0) is 43.2 Å². The first-order valence-corrected chi connectivity index (χ1v) is 11.2. The zero-order chi connectivity index (χ0) is 22.8. The van der Waals surface area contributed by atoms with Gasteiger partial charge in [-0.15, -0.1) is 0 Å². The van der Waals surface area contributed by atoms with Crippen molar-refractivity contribution in [2.45, 2.75) is 33.2 Å². The second kappa shape index (κ2) is 9.09. The number of carbonyl (C=O) groups excluding carboxylic acids is 1. The van der Waals surface area contributed by atoms with Crippen LogP contribution in [0.1, 0.15) is 48.2 Å². The van der Waals surface area contributed by atoms with Crippen molar-refractivity contribution in [2.75, 3.05) is 20.2 Å². The van der Waals surface area contributed by atoms with Gasteiger partial charge in [0.2, 0.25) is 5.78 Å². The lowest BCUT2D eigenvalue weighted by Crippen LogP contribution is -3.10. The first kappa shape index (κ1) is 22.0. The van der Waals surface area contributed by atoms with Crippen molar-refractivity contribution in [1.82, 2.24) is 4.57 Å². The molecule has 32 heavy (non-hydrogen) atoms. The normalized spacial score (nSPS) is 14.4. The minimum absolute atomic E-state index is 0.0718. The van der Waals surface area contributed by atoms with Crippen molar-refractivity contribution in [3.63, 3.8) is 0 Å². The van der Waals surface area contributed by atoms with Gasteiger partial charge >= 0.3 is 0 Å². The zero-order valence-electron chi connectivity index (χ0n) is 19.2. The fourth-order valence-electron chi connectivity index (χ4n) is 4.50. The van der Waals surface area contributed by atoms with Crippen molar-refractivity contribution < 1.29 is 24.3 Å². The molecule has 0 unspecified atom stereocenters. The Morgan fingerprint density at radius 3 is 2.59 bits per heavy atom. The average Bonchev–Trinajstić information content (AvgIpc) is 3.27. The summed E-state index contributed by atoms with van der Waals surface area (Å²) in [4.78, 5) is 14.5. The van der Waals surface area contributed by atoms with Gasteiger partial charge in [0, 0.05) is 35.3 Å². The van der Waals surface area contributed by atoms with Crippen LogP contribution in [-0.4, -0.2) is 30.5 Å². The summed E-state index contributed by atoms with van der Waals surface area (Å²) in [7, 11) is 3.59. The molecule has 0 atom stereocenters. The van der Waals surface area contributed by atoms with E-state index in [1.807, 2.05) is 36.0 Å². The number of hydrogen-bond acceptors (Lipinski definition) is 4. The van der Waals surface area contributed by atoms with Gasteiger partial charge in [0.1, 0.15) is 18.0 Å². The van der Waals surface area contributed by atoms with E-state index in [0.717, 1.165) is 48.1 Å². The maximum Gasteiger partial charge on any atom is 0.231 e.